The predicted molar refractivity (Wildman–Crippen MR) is 107 cm³/mol. The van der Waals surface area contributed by atoms with Crippen LogP contribution in [0.1, 0.15) is 98.3 Å². The number of esters is 1. The summed E-state index contributed by atoms with van der Waals surface area (Å²) in [5, 5.41) is 11.5. The van der Waals surface area contributed by atoms with Gasteiger partial charge in [0.25, 0.3) is 0 Å². The third-order valence-corrected chi connectivity index (χ3v) is 9.94. The maximum Gasteiger partial charge on any atom is 0.302 e. The van der Waals surface area contributed by atoms with E-state index in [0.717, 1.165) is 43.9 Å². The second kappa shape index (κ2) is 6.75. The standard InChI is InChI=1S/C24H40O3/c1-5-11-24(26)14-10-21-19-7-6-17-15-18(27-16(2)25)8-12-22(17,3)20(19)9-13-23(21,24)4/h17-21,26H,5-15H2,1-4H3/t17-,18-,19-,20+,21-,22+,23+,24+/m1/s1. The van der Waals surface area contributed by atoms with Crippen molar-refractivity contribution in [2.75, 3.05) is 0 Å². The van der Waals surface area contributed by atoms with Crippen molar-refractivity contribution >= 4 is 5.97 Å². The van der Waals surface area contributed by atoms with Gasteiger partial charge >= 0.3 is 5.97 Å². The number of hydrogen-bond donors (Lipinski definition) is 1. The molecule has 1 N–H and O–H groups in total. The van der Waals surface area contributed by atoms with Crippen molar-refractivity contribution in [3.05, 3.63) is 0 Å². The molecule has 0 bridgehead atoms. The van der Waals surface area contributed by atoms with Gasteiger partial charge in [-0.15, -0.1) is 0 Å². The summed E-state index contributed by atoms with van der Waals surface area (Å²) in [5.74, 6) is 2.89. The zero-order chi connectivity index (χ0) is 19.4. The molecule has 4 aliphatic rings. The van der Waals surface area contributed by atoms with E-state index in [-0.39, 0.29) is 17.5 Å². The van der Waals surface area contributed by atoms with Gasteiger partial charge in [0.15, 0.2) is 0 Å². The first-order chi connectivity index (χ1) is 12.7. The number of fused-ring (bicyclic) bond motifs is 5. The van der Waals surface area contributed by atoms with Crippen LogP contribution in [-0.4, -0.2) is 22.8 Å². The highest BCUT2D eigenvalue weighted by atomic mass is 16.5. The Hall–Kier alpha value is -0.570. The van der Waals surface area contributed by atoms with Crippen molar-refractivity contribution in [2.45, 2.75) is 110 Å². The molecule has 0 heterocycles. The van der Waals surface area contributed by atoms with Crippen LogP contribution in [-0.2, 0) is 9.53 Å². The molecule has 3 heteroatoms. The average Bonchev–Trinajstić information content (AvgIpc) is 2.86. The SMILES string of the molecule is CCC[C@]1(O)CC[C@@H]2[C@@H]3CC[C@@H]4C[C@H](OC(C)=O)CC[C@]4(C)[C@H]3CC[C@@]21C. The maximum atomic E-state index is 11.5. The molecule has 4 saturated carbocycles. The molecule has 8 atom stereocenters. The van der Waals surface area contributed by atoms with E-state index in [4.69, 9.17) is 4.74 Å². The molecule has 154 valence electrons. The van der Waals surface area contributed by atoms with Gasteiger partial charge in [-0.25, -0.2) is 0 Å². The monoisotopic (exact) mass is 376 g/mol. The molecule has 0 radical (unpaired) electrons. The summed E-state index contributed by atoms with van der Waals surface area (Å²) in [6, 6.07) is 0. The largest absolute Gasteiger partial charge is 0.463 e. The van der Waals surface area contributed by atoms with Gasteiger partial charge in [-0.3, -0.25) is 4.79 Å². The first kappa shape index (κ1) is 19.7. The smallest absolute Gasteiger partial charge is 0.302 e. The Morgan fingerprint density at radius 2 is 1.78 bits per heavy atom. The van der Waals surface area contributed by atoms with Crippen molar-refractivity contribution in [3.63, 3.8) is 0 Å². The lowest BCUT2D eigenvalue weighted by molar-refractivity contribution is -0.170. The van der Waals surface area contributed by atoms with E-state index >= 15 is 0 Å². The zero-order valence-electron chi connectivity index (χ0n) is 17.9. The summed E-state index contributed by atoms with van der Waals surface area (Å²) in [5.41, 5.74) is 0.108. The minimum Gasteiger partial charge on any atom is -0.463 e. The van der Waals surface area contributed by atoms with Gasteiger partial charge in [0, 0.05) is 6.92 Å². The van der Waals surface area contributed by atoms with Crippen LogP contribution in [0.25, 0.3) is 0 Å². The van der Waals surface area contributed by atoms with Crippen LogP contribution in [0.5, 0.6) is 0 Å². The number of hydrogen-bond acceptors (Lipinski definition) is 3. The van der Waals surface area contributed by atoms with Gasteiger partial charge in [-0.2, -0.15) is 0 Å². The van der Waals surface area contributed by atoms with Crippen LogP contribution >= 0.6 is 0 Å². The summed E-state index contributed by atoms with van der Waals surface area (Å²) >= 11 is 0. The highest BCUT2D eigenvalue weighted by Gasteiger charge is 2.64. The Morgan fingerprint density at radius 1 is 1.04 bits per heavy atom. The van der Waals surface area contributed by atoms with E-state index in [2.05, 4.69) is 20.8 Å². The van der Waals surface area contributed by atoms with E-state index in [1.807, 2.05) is 0 Å². The summed E-state index contributed by atoms with van der Waals surface area (Å²) < 4.78 is 5.59. The number of carbonyl (C=O) groups excluding carboxylic acids is 1. The van der Waals surface area contributed by atoms with Crippen LogP contribution in [0.3, 0.4) is 0 Å². The molecule has 0 saturated heterocycles. The lowest BCUT2D eigenvalue weighted by Crippen LogP contribution is -2.56. The molecule has 0 aromatic heterocycles. The zero-order valence-corrected chi connectivity index (χ0v) is 17.9. The quantitative estimate of drug-likeness (QED) is 0.662. The van der Waals surface area contributed by atoms with Crippen LogP contribution in [0.4, 0.5) is 0 Å². The summed E-state index contributed by atoms with van der Waals surface area (Å²) in [4.78, 5) is 11.4. The molecule has 0 unspecified atom stereocenters. The van der Waals surface area contributed by atoms with Gasteiger partial charge in [-0.05, 0) is 98.7 Å². The second-order valence-electron chi connectivity index (χ2n) is 10.9. The maximum absolute atomic E-state index is 11.5. The molecule has 0 aliphatic heterocycles. The first-order valence-corrected chi connectivity index (χ1v) is 11.6. The van der Waals surface area contributed by atoms with E-state index in [1.54, 1.807) is 6.92 Å². The van der Waals surface area contributed by atoms with E-state index in [1.165, 1.54) is 38.5 Å². The fraction of sp³-hybridized carbons (Fsp3) is 0.958. The van der Waals surface area contributed by atoms with Crippen LogP contribution in [0, 0.1) is 34.5 Å². The fourth-order valence-electron chi connectivity index (χ4n) is 8.49. The van der Waals surface area contributed by atoms with E-state index < -0.39 is 5.60 Å². The average molecular weight is 377 g/mol. The van der Waals surface area contributed by atoms with Gasteiger partial charge in [0.05, 0.1) is 5.60 Å². The predicted octanol–water partition coefficient (Wildman–Crippen LogP) is 5.49. The third-order valence-electron chi connectivity index (χ3n) is 9.94. The molecule has 4 fully saturated rings. The Labute approximate surface area is 165 Å². The fourth-order valence-corrected chi connectivity index (χ4v) is 8.49. The lowest BCUT2D eigenvalue weighted by atomic mass is 9.44. The number of rotatable bonds is 3. The van der Waals surface area contributed by atoms with Gasteiger partial charge < -0.3 is 9.84 Å². The molecule has 0 aromatic rings. The first-order valence-electron chi connectivity index (χ1n) is 11.6. The highest BCUT2D eigenvalue weighted by molar-refractivity contribution is 5.66. The minimum atomic E-state index is -0.428. The van der Waals surface area contributed by atoms with Crippen molar-refractivity contribution in [3.8, 4) is 0 Å². The Kier molecular flexibility index (Phi) is 4.93. The van der Waals surface area contributed by atoms with Gasteiger partial charge in [0.1, 0.15) is 6.10 Å². The summed E-state index contributed by atoms with van der Waals surface area (Å²) in [6.45, 7) is 8.73. The van der Waals surface area contributed by atoms with Crippen molar-refractivity contribution in [2.24, 2.45) is 34.5 Å². The number of aliphatic hydroxyl groups is 1. The van der Waals surface area contributed by atoms with E-state index in [0.29, 0.717) is 17.3 Å². The summed E-state index contributed by atoms with van der Waals surface area (Å²) in [6.07, 6.45) is 12.9. The van der Waals surface area contributed by atoms with E-state index in [9.17, 15) is 9.90 Å². The Bertz CT molecular complexity index is 588. The van der Waals surface area contributed by atoms with Crippen molar-refractivity contribution in [1.29, 1.82) is 0 Å². The van der Waals surface area contributed by atoms with Crippen molar-refractivity contribution < 1.29 is 14.6 Å². The Balaban J connectivity index is 1.54. The molecular formula is C24H40O3. The molecular weight excluding hydrogens is 336 g/mol. The van der Waals surface area contributed by atoms with Crippen LogP contribution < -0.4 is 0 Å². The van der Waals surface area contributed by atoms with Gasteiger partial charge in [0.2, 0.25) is 0 Å². The van der Waals surface area contributed by atoms with Crippen LogP contribution in [0.15, 0.2) is 0 Å². The second-order valence-corrected chi connectivity index (χ2v) is 10.9. The summed E-state index contributed by atoms with van der Waals surface area (Å²) in [7, 11) is 0. The molecule has 4 rings (SSSR count). The number of ether oxygens (including phenoxy) is 1. The minimum absolute atomic E-state index is 0.119. The topological polar surface area (TPSA) is 46.5 Å². The molecule has 0 spiro atoms. The highest BCUT2D eigenvalue weighted by Crippen LogP contribution is 2.68. The number of carbonyl (C=O) groups is 1. The Morgan fingerprint density at radius 3 is 2.48 bits per heavy atom. The molecule has 3 nitrogen and oxygen atoms in total. The van der Waals surface area contributed by atoms with Crippen molar-refractivity contribution in [1.82, 2.24) is 0 Å². The van der Waals surface area contributed by atoms with Crippen LogP contribution in [0.2, 0.25) is 0 Å². The molecule has 4 aliphatic carbocycles. The normalized spacial score (nSPS) is 51.8. The molecule has 27 heavy (non-hydrogen) atoms. The van der Waals surface area contributed by atoms with Gasteiger partial charge in [-0.1, -0.05) is 27.2 Å². The lowest BCUT2D eigenvalue weighted by Gasteiger charge is -2.61. The molecule has 0 amide bonds. The third kappa shape index (κ3) is 2.90. The molecule has 0 aromatic carbocycles.